The van der Waals surface area contributed by atoms with Crippen LogP contribution < -0.4 is 5.73 Å². The summed E-state index contributed by atoms with van der Waals surface area (Å²) in [6.45, 7) is 7.17. The summed E-state index contributed by atoms with van der Waals surface area (Å²) in [5.74, 6) is 0.886. The molecule has 0 saturated carbocycles. The van der Waals surface area contributed by atoms with Gasteiger partial charge < -0.3 is 10.6 Å². The van der Waals surface area contributed by atoms with Crippen LogP contribution in [0.4, 0.5) is 0 Å². The van der Waals surface area contributed by atoms with E-state index in [9.17, 15) is 4.79 Å². The van der Waals surface area contributed by atoms with E-state index in [1.165, 1.54) is 0 Å². The van der Waals surface area contributed by atoms with Crippen LogP contribution in [-0.4, -0.2) is 55.0 Å². The molecule has 1 rings (SSSR count). The minimum atomic E-state index is 0.239. The quantitative estimate of drug-likeness (QED) is 0.722. The Labute approximate surface area is 92.4 Å². The lowest BCUT2D eigenvalue weighted by Crippen LogP contribution is -2.57. The zero-order valence-corrected chi connectivity index (χ0v) is 10.1. The van der Waals surface area contributed by atoms with Gasteiger partial charge in [-0.25, -0.2) is 0 Å². The van der Waals surface area contributed by atoms with Crippen molar-refractivity contribution in [1.82, 2.24) is 9.80 Å². The van der Waals surface area contributed by atoms with E-state index in [4.69, 9.17) is 5.73 Å². The summed E-state index contributed by atoms with van der Waals surface area (Å²) in [5.41, 5.74) is 5.68. The van der Waals surface area contributed by atoms with Gasteiger partial charge in [0.1, 0.15) is 0 Å². The van der Waals surface area contributed by atoms with Gasteiger partial charge in [-0.2, -0.15) is 0 Å². The minimum Gasteiger partial charge on any atom is -0.340 e. The number of rotatable bonds is 4. The number of nitrogens with zero attached hydrogens (tertiary/aromatic N) is 2. The number of carbonyl (C=O) groups is 1. The van der Waals surface area contributed by atoms with Crippen LogP contribution in [0.15, 0.2) is 0 Å². The zero-order valence-electron chi connectivity index (χ0n) is 10.1. The number of likely N-dealkylation sites (N-methyl/N-ethyl adjacent to an activating group) is 1. The van der Waals surface area contributed by atoms with Crippen molar-refractivity contribution in [2.45, 2.75) is 26.3 Å². The lowest BCUT2D eigenvalue weighted by molar-refractivity contribution is -0.137. The first-order valence-corrected chi connectivity index (χ1v) is 5.72. The lowest BCUT2D eigenvalue weighted by atomic mass is 10.1. The van der Waals surface area contributed by atoms with E-state index in [0.717, 1.165) is 19.5 Å². The van der Waals surface area contributed by atoms with Gasteiger partial charge >= 0.3 is 0 Å². The number of carbonyl (C=O) groups excluding carboxylic acids is 1. The highest BCUT2D eigenvalue weighted by Crippen LogP contribution is 2.10. The van der Waals surface area contributed by atoms with Gasteiger partial charge in [0.2, 0.25) is 5.91 Å². The third-order valence-corrected chi connectivity index (χ3v) is 3.04. The molecule has 0 spiro atoms. The van der Waals surface area contributed by atoms with Crippen molar-refractivity contribution < 1.29 is 4.79 Å². The largest absolute Gasteiger partial charge is 0.340 e. The molecule has 0 bridgehead atoms. The van der Waals surface area contributed by atoms with E-state index in [1.807, 2.05) is 16.8 Å². The van der Waals surface area contributed by atoms with E-state index in [1.54, 1.807) is 0 Å². The summed E-state index contributed by atoms with van der Waals surface area (Å²) in [7, 11) is 1.97. The Kier molecular flexibility index (Phi) is 4.54. The molecular formula is C11H23N3O. The van der Waals surface area contributed by atoms with Crippen molar-refractivity contribution in [3.8, 4) is 0 Å². The molecule has 0 aromatic heterocycles. The van der Waals surface area contributed by atoms with Gasteiger partial charge in [-0.3, -0.25) is 9.69 Å². The van der Waals surface area contributed by atoms with E-state index in [2.05, 4.69) is 13.8 Å². The summed E-state index contributed by atoms with van der Waals surface area (Å²) >= 11 is 0. The molecule has 2 N–H and O–H groups in total. The average Bonchev–Trinajstić information content (AvgIpc) is 2.16. The molecule has 1 fully saturated rings. The molecule has 0 radical (unpaired) electrons. The monoisotopic (exact) mass is 213 g/mol. The standard InChI is InChI=1S/C11H23N3O/c1-9(2)4-5-14-7-10(6-12)13(3)8-11(14)15/h9-10H,4-8,12H2,1-3H3. The predicted octanol–water partition coefficient (Wildman–Crippen LogP) is 0.134. The van der Waals surface area contributed by atoms with E-state index in [0.29, 0.717) is 25.0 Å². The molecular weight excluding hydrogens is 190 g/mol. The maximum Gasteiger partial charge on any atom is 0.236 e. The smallest absolute Gasteiger partial charge is 0.236 e. The Bertz CT molecular complexity index is 218. The van der Waals surface area contributed by atoms with Gasteiger partial charge in [0.05, 0.1) is 6.54 Å². The normalized spacial score (nSPS) is 23.9. The Balaban J connectivity index is 2.46. The summed E-state index contributed by atoms with van der Waals surface area (Å²) in [6.07, 6.45) is 1.08. The SMILES string of the molecule is CC(C)CCN1CC(CN)N(C)CC1=O. The van der Waals surface area contributed by atoms with Crippen molar-refractivity contribution >= 4 is 5.91 Å². The molecule has 15 heavy (non-hydrogen) atoms. The van der Waals surface area contributed by atoms with Crippen LogP contribution in [-0.2, 0) is 4.79 Å². The van der Waals surface area contributed by atoms with Gasteiger partial charge in [0.15, 0.2) is 0 Å². The predicted molar refractivity (Wildman–Crippen MR) is 61.5 cm³/mol. The van der Waals surface area contributed by atoms with E-state index < -0.39 is 0 Å². The molecule has 1 aliphatic heterocycles. The molecule has 1 unspecified atom stereocenters. The number of nitrogens with two attached hydrogens (primary N) is 1. The van der Waals surface area contributed by atoms with Crippen LogP contribution in [0.5, 0.6) is 0 Å². The number of amides is 1. The second-order valence-corrected chi connectivity index (χ2v) is 4.83. The number of piperazine rings is 1. The number of hydrogen-bond donors (Lipinski definition) is 1. The van der Waals surface area contributed by atoms with Crippen molar-refractivity contribution in [1.29, 1.82) is 0 Å². The van der Waals surface area contributed by atoms with Crippen molar-refractivity contribution in [2.24, 2.45) is 11.7 Å². The van der Waals surface area contributed by atoms with E-state index >= 15 is 0 Å². The molecule has 0 aromatic carbocycles. The highest BCUT2D eigenvalue weighted by atomic mass is 16.2. The van der Waals surface area contributed by atoms with Gasteiger partial charge in [-0.15, -0.1) is 0 Å². The molecule has 1 amide bonds. The second-order valence-electron chi connectivity index (χ2n) is 4.83. The fourth-order valence-corrected chi connectivity index (χ4v) is 1.82. The van der Waals surface area contributed by atoms with Crippen LogP contribution in [0.1, 0.15) is 20.3 Å². The third-order valence-electron chi connectivity index (χ3n) is 3.04. The molecule has 1 atom stereocenters. The average molecular weight is 213 g/mol. The second kappa shape index (κ2) is 5.47. The highest BCUT2D eigenvalue weighted by molar-refractivity contribution is 5.79. The van der Waals surface area contributed by atoms with Crippen molar-refractivity contribution in [3.63, 3.8) is 0 Å². The Morgan fingerprint density at radius 2 is 2.20 bits per heavy atom. The zero-order chi connectivity index (χ0) is 11.4. The lowest BCUT2D eigenvalue weighted by Gasteiger charge is -2.38. The summed E-state index contributed by atoms with van der Waals surface area (Å²) in [6, 6.07) is 0.329. The molecule has 1 saturated heterocycles. The fraction of sp³-hybridized carbons (Fsp3) is 0.909. The Morgan fingerprint density at radius 3 is 2.73 bits per heavy atom. The molecule has 4 heteroatoms. The maximum atomic E-state index is 11.7. The first-order chi connectivity index (χ1) is 7.04. The van der Waals surface area contributed by atoms with Gasteiger partial charge in [-0.1, -0.05) is 13.8 Å². The van der Waals surface area contributed by atoms with E-state index in [-0.39, 0.29) is 5.91 Å². The molecule has 4 nitrogen and oxygen atoms in total. The van der Waals surface area contributed by atoms with Crippen LogP contribution in [0, 0.1) is 5.92 Å². The minimum absolute atomic E-state index is 0.239. The Hall–Kier alpha value is -0.610. The third kappa shape index (κ3) is 3.47. The summed E-state index contributed by atoms with van der Waals surface area (Å²) in [4.78, 5) is 15.7. The van der Waals surface area contributed by atoms with Crippen LogP contribution >= 0.6 is 0 Å². The summed E-state index contributed by atoms with van der Waals surface area (Å²) in [5, 5.41) is 0. The molecule has 0 aliphatic carbocycles. The molecule has 0 aromatic rings. The highest BCUT2D eigenvalue weighted by Gasteiger charge is 2.28. The summed E-state index contributed by atoms with van der Waals surface area (Å²) < 4.78 is 0. The van der Waals surface area contributed by atoms with Crippen LogP contribution in [0.2, 0.25) is 0 Å². The van der Waals surface area contributed by atoms with Crippen LogP contribution in [0.25, 0.3) is 0 Å². The Morgan fingerprint density at radius 1 is 1.53 bits per heavy atom. The van der Waals surface area contributed by atoms with Crippen molar-refractivity contribution in [3.05, 3.63) is 0 Å². The molecule has 1 heterocycles. The van der Waals surface area contributed by atoms with Crippen molar-refractivity contribution in [2.75, 3.05) is 33.2 Å². The van der Waals surface area contributed by atoms with Crippen LogP contribution in [0.3, 0.4) is 0 Å². The van der Waals surface area contributed by atoms with Gasteiger partial charge in [0, 0.05) is 25.7 Å². The molecule has 88 valence electrons. The topological polar surface area (TPSA) is 49.6 Å². The number of hydrogen-bond acceptors (Lipinski definition) is 3. The first kappa shape index (κ1) is 12.5. The molecule has 1 aliphatic rings. The fourth-order valence-electron chi connectivity index (χ4n) is 1.82. The first-order valence-electron chi connectivity index (χ1n) is 5.72. The van der Waals surface area contributed by atoms with Gasteiger partial charge in [0.25, 0.3) is 0 Å². The maximum absolute atomic E-state index is 11.7. The van der Waals surface area contributed by atoms with Gasteiger partial charge in [-0.05, 0) is 19.4 Å².